The Hall–Kier alpha value is -1.36. The third-order valence-corrected chi connectivity index (χ3v) is 3.77. The molecule has 0 aromatic carbocycles. The Morgan fingerprint density at radius 1 is 1.26 bits per heavy atom. The Morgan fingerprint density at radius 3 is 2.58 bits per heavy atom. The molecule has 5 heteroatoms. The average Bonchev–Trinajstić information content (AvgIpc) is 2.37. The van der Waals surface area contributed by atoms with Crippen molar-refractivity contribution in [2.75, 3.05) is 11.1 Å². The fraction of sp³-hybridized carbons (Fsp3) is 0.714. The monoisotopic (exact) mass is 264 g/mol. The molecule has 1 aromatic rings. The van der Waals surface area contributed by atoms with Gasteiger partial charge in [-0.3, -0.25) is 0 Å². The van der Waals surface area contributed by atoms with E-state index in [0.717, 1.165) is 42.9 Å². The zero-order valence-corrected chi connectivity index (χ0v) is 12.0. The summed E-state index contributed by atoms with van der Waals surface area (Å²) in [5, 5.41) is 13.4. The van der Waals surface area contributed by atoms with E-state index in [9.17, 15) is 5.11 Å². The highest BCUT2D eigenvalue weighted by Crippen LogP contribution is 2.26. The van der Waals surface area contributed by atoms with Crippen LogP contribution in [0.2, 0.25) is 0 Å². The largest absolute Gasteiger partial charge is 0.391 e. The van der Waals surface area contributed by atoms with Gasteiger partial charge >= 0.3 is 0 Å². The molecule has 1 fully saturated rings. The first-order valence-corrected chi connectivity index (χ1v) is 7.07. The second-order valence-electron chi connectivity index (χ2n) is 5.70. The van der Waals surface area contributed by atoms with Gasteiger partial charge in [-0.15, -0.1) is 0 Å². The normalized spacial score (nSPS) is 23.6. The first kappa shape index (κ1) is 14.1. The molecule has 0 aliphatic heterocycles. The summed E-state index contributed by atoms with van der Waals surface area (Å²) in [6.45, 7) is 6.00. The lowest BCUT2D eigenvalue weighted by molar-refractivity contribution is 0.116. The number of aromatic nitrogens is 2. The van der Waals surface area contributed by atoms with Crippen molar-refractivity contribution >= 4 is 11.6 Å². The first-order chi connectivity index (χ1) is 8.99. The summed E-state index contributed by atoms with van der Waals surface area (Å²) in [5.74, 6) is 2.27. The highest BCUT2D eigenvalue weighted by molar-refractivity contribution is 5.55. The topological polar surface area (TPSA) is 84.1 Å². The standard InChI is InChI=1S/C14H24N4O/c1-8(2)13-17-12(15)9(3)14(18-13)16-10-6-4-5-7-11(10)19/h8,10-11,19H,4-7H2,1-3H3,(H3,15,16,17,18). The van der Waals surface area contributed by atoms with Crippen molar-refractivity contribution in [3.63, 3.8) is 0 Å². The van der Waals surface area contributed by atoms with Crippen LogP contribution >= 0.6 is 0 Å². The van der Waals surface area contributed by atoms with Crippen LogP contribution in [0.1, 0.15) is 56.8 Å². The minimum absolute atomic E-state index is 0.0711. The van der Waals surface area contributed by atoms with Crippen molar-refractivity contribution in [2.45, 2.75) is 64.5 Å². The van der Waals surface area contributed by atoms with Crippen LogP contribution in [0.25, 0.3) is 0 Å². The van der Waals surface area contributed by atoms with Gasteiger partial charge in [0.25, 0.3) is 0 Å². The molecule has 2 atom stereocenters. The van der Waals surface area contributed by atoms with Crippen LogP contribution in [0.4, 0.5) is 11.6 Å². The molecule has 0 amide bonds. The first-order valence-electron chi connectivity index (χ1n) is 7.07. The van der Waals surface area contributed by atoms with Crippen molar-refractivity contribution in [3.05, 3.63) is 11.4 Å². The molecule has 2 unspecified atom stereocenters. The summed E-state index contributed by atoms with van der Waals surface area (Å²) >= 11 is 0. The quantitative estimate of drug-likeness (QED) is 0.779. The molecule has 106 valence electrons. The van der Waals surface area contributed by atoms with E-state index in [0.29, 0.717) is 5.82 Å². The van der Waals surface area contributed by atoms with E-state index in [2.05, 4.69) is 15.3 Å². The van der Waals surface area contributed by atoms with Gasteiger partial charge in [0.05, 0.1) is 12.1 Å². The molecule has 2 rings (SSSR count). The van der Waals surface area contributed by atoms with Crippen molar-refractivity contribution in [3.8, 4) is 0 Å². The molecule has 0 bridgehead atoms. The summed E-state index contributed by atoms with van der Waals surface area (Å²) in [7, 11) is 0. The van der Waals surface area contributed by atoms with Crippen LogP contribution in [-0.4, -0.2) is 27.2 Å². The van der Waals surface area contributed by atoms with Gasteiger partial charge in [0, 0.05) is 11.5 Å². The van der Waals surface area contributed by atoms with Gasteiger partial charge in [-0.05, 0) is 19.8 Å². The maximum atomic E-state index is 10.0. The van der Waals surface area contributed by atoms with E-state index >= 15 is 0 Å². The van der Waals surface area contributed by atoms with Crippen molar-refractivity contribution in [1.82, 2.24) is 9.97 Å². The van der Waals surface area contributed by atoms with Gasteiger partial charge in [-0.25, -0.2) is 9.97 Å². The number of nitrogen functional groups attached to an aromatic ring is 1. The lowest BCUT2D eigenvalue weighted by Gasteiger charge is -2.29. The number of rotatable bonds is 3. The van der Waals surface area contributed by atoms with E-state index in [4.69, 9.17) is 5.73 Å². The highest BCUT2D eigenvalue weighted by atomic mass is 16.3. The fourth-order valence-corrected chi connectivity index (χ4v) is 2.41. The SMILES string of the molecule is Cc1c(N)nc(C(C)C)nc1NC1CCCCC1O. The summed E-state index contributed by atoms with van der Waals surface area (Å²) in [6.07, 6.45) is 3.77. The van der Waals surface area contributed by atoms with Crippen LogP contribution in [-0.2, 0) is 0 Å². The van der Waals surface area contributed by atoms with Crippen LogP contribution in [0.3, 0.4) is 0 Å². The third-order valence-electron chi connectivity index (χ3n) is 3.77. The summed E-state index contributed by atoms with van der Waals surface area (Å²) < 4.78 is 0. The summed E-state index contributed by atoms with van der Waals surface area (Å²) in [5.41, 5.74) is 6.81. The number of nitrogens with two attached hydrogens (primary N) is 1. The van der Waals surface area contributed by atoms with Crippen LogP contribution in [0.15, 0.2) is 0 Å². The summed E-state index contributed by atoms with van der Waals surface area (Å²) in [6, 6.07) is 0.0711. The zero-order valence-electron chi connectivity index (χ0n) is 12.0. The van der Waals surface area contributed by atoms with E-state index in [-0.39, 0.29) is 18.1 Å². The van der Waals surface area contributed by atoms with Crippen molar-refractivity contribution < 1.29 is 5.11 Å². The molecule has 5 nitrogen and oxygen atoms in total. The molecule has 4 N–H and O–H groups in total. The number of nitrogens with one attached hydrogen (secondary N) is 1. The Labute approximate surface area is 114 Å². The van der Waals surface area contributed by atoms with E-state index in [1.807, 2.05) is 20.8 Å². The number of aliphatic hydroxyl groups excluding tert-OH is 1. The van der Waals surface area contributed by atoms with Crippen LogP contribution in [0, 0.1) is 6.92 Å². The summed E-state index contributed by atoms with van der Waals surface area (Å²) in [4.78, 5) is 8.86. The number of hydrogen-bond acceptors (Lipinski definition) is 5. The smallest absolute Gasteiger partial charge is 0.135 e. The zero-order chi connectivity index (χ0) is 14.0. The molecular weight excluding hydrogens is 240 g/mol. The fourth-order valence-electron chi connectivity index (χ4n) is 2.41. The second-order valence-corrected chi connectivity index (χ2v) is 5.70. The molecule has 0 radical (unpaired) electrons. The van der Waals surface area contributed by atoms with Gasteiger partial charge < -0.3 is 16.2 Å². The molecule has 0 saturated heterocycles. The Balaban J connectivity index is 2.23. The predicted octanol–water partition coefficient (Wildman–Crippen LogP) is 2.21. The molecule has 1 heterocycles. The number of nitrogens with zero attached hydrogens (tertiary/aromatic N) is 2. The Kier molecular flexibility index (Phi) is 4.24. The molecular formula is C14H24N4O. The molecule has 1 saturated carbocycles. The lowest BCUT2D eigenvalue weighted by Crippen LogP contribution is -2.37. The Bertz CT molecular complexity index is 447. The third kappa shape index (κ3) is 3.15. The molecule has 19 heavy (non-hydrogen) atoms. The molecule has 1 aliphatic rings. The molecule has 1 aliphatic carbocycles. The van der Waals surface area contributed by atoms with Crippen molar-refractivity contribution in [1.29, 1.82) is 0 Å². The van der Waals surface area contributed by atoms with Crippen molar-refractivity contribution in [2.24, 2.45) is 0 Å². The maximum absolute atomic E-state index is 10.0. The molecule has 0 spiro atoms. The second kappa shape index (κ2) is 5.74. The van der Waals surface area contributed by atoms with Gasteiger partial charge in [0.15, 0.2) is 0 Å². The molecule has 1 aromatic heterocycles. The van der Waals surface area contributed by atoms with Gasteiger partial charge in [0.2, 0.25) is 0 Å². The number of hydrogen-bond donors (Lipinski definition) is 3. The van der Waals surface area contributed by atoms with Gasteiger partial charge in [0.1, 0.15) is 17.5 Å². The van der Waals surface area contributed by atoms with Gasteiger partial charge in [-0.1, -0.05) is 26.7 Å². The average molecular weight is 264 g/mol. The number of aliphatic hydroxyl groups is 1. The number of anilines is 2. The minimum Gasteiger partial charge on any atom is -0.391 e. The van der Waals surface area contributed by atoms with Gasteiger partial charge in [-0.2, -0.15) is 0 Å². The van der Waals surface area contributed by atoms with Crippen LogP contribution in [0.5, 0.6) is 0 Å². The minimum atomic E-state index is -0.299. The van der Waals surface area contributed by atoms with E-state index in [1.54, 1.807) is 0 Å². The lowest BCUT2D eigenvalue weighted by atomic mass is 9.92. The highest BCUT2D eigenvalue weighted by Gasteiger charge is 2.24. The van der Waals surface area contributed by atoms with Crippen LogP contribution < -0.4 is 11.1 Å². The van der Waals surface area contributed by atoms with E-state index in [1.165, 1.54) is 0 Å². The van der Waals surface area contributed by atoms with E-state index < -0.39 is 0 Å². The predicted molar refractivity (Wildman–Crippen MR) is 77.2 cm³/mol. The maximum Gasteiger partial charge on any atom is 0.135 e. The Morgan fingerprint density at radius 2 is 1.95 bits per heavy atom.